The molecule has 1 aromatic carbocycles. The second kappa shape index (κ2) is 8.28. The summed E-state index contributed by atoms with van der Waals surface area (Å²) in [6.45, 7) is 5.83. The number of amides is 2. The zero-order chi connectivity index (χ0) is 19.5. The first-order valence-electron chi connectivity index (χ1n) is 9.69. The van der Waals surface area contributed by atoms with Gasteiger partial charge in [-0.15, -0.1) is 11.3 Å². The van der Waals surface area contributed by atoms with Crippen LogP contribution in [0.1, 0.15) is 19.8 Å². The van der Waals surface area contributed by atoms with E-state index in [1.165, 1.54) is 0 Å². The maximum absolute atomic E-state index is 13.2. The number of carbonyl (C=O) groups is 2. The fourth-order valence-corrected chi connectivity index (χ4v) is 4.62. The van der Waals surface area contributed by atoms with Gasteiger partial charge in [-0.05, 0) is 25.5 Å². The molecule has 1 unspecified atom stereocenters. The maximum atomic E-state index is 13.2. The van der Waals surface area contributed by atoms with Gasteiger partial charge in [0.15, 0.2) is 5.13 Å². The van der Waals surface area contributed by atoms with Crippen LogP contribution >= 0.6 is 11.3 Å². The third kappa shape index (κ3) is 4.02. The van der Waals surface area contributed by atoms with Crippen LogP contribution in [0.5, 0.6) is 0 Å². The van der Waals surface area contributed by atoms with Gasteiger partial charge in [0.1, 0.15) is 0 Å². The molecule has 2 aliphatic heterocycles. The van der Waals surface area contributed by atoms with Crippen molar-refractivity contribution in [3.05, 3.63) is 35.8 Å². The Morgan fingerprint density at radius 2 is 2.11 bits per heavy atom. The first kappa shape index (κ1) is 18.9. The standard InChI is InChI=1S/C20H25N5O2S/c1-15-13-18(26)22-16-5-2-3-6-17(16)25(15)19(27)14-23-8-4-9-24(11-10-23)20-21-7-12-28-20/h2-3,5-7,12,15H,4,8-11,13-14H2,1H3,(H,22,26). The van der Waals surface area contributed by atoms with Crippen LogP contribution in [0.15, 0.2) is 35.8 Å². The molecule has 1 fully saturated rings. The first-order valence-corrected chi connectivity index (χ1v) is 10.6. The topological polar surface area (TPSA) is 68.8 Å². The van der Waals surface area contributed by atoms with Crippen molar-refractivity contribution in [2.24, 2.45) is 0 Å². The fourth-order valence-electron chi connectivity index (χ4n) is 3.93. The number of rotatable bonds is 3. The summed E-state index contributed by atoms with van der Waals surface area (Å²) in [5.74, 6) is -0.0109. The minimum Gasteiger partial charge on any atom is -0.347 e. The lowest BCUT2D eigenvalue weighted by molar-refractivity contribution is -0.120. The lowest BCUT2D eigenvalue weighted by Crippen LogP contribution is -2.45. The molecule has 3 heterocycles. The molecule has 2 amide bonds. The molecule has 1 saturated heterocycles. The summed E-state index contributed by atoms with van der Waals surface area (Å²) in [6.07, 6.45) is 3.14. The zero-order valence-electron chi connectivity index (χ0n) is 16.0. The van der Waals surface area contributed by atoms with Crippen LogP contribution in [0.2, 0.25) is 0 Å². The lowest BCUT2D eigenvalue weighted by Gasteiger charge is -2.30. The minimum atomic E-state index is -0.171. The van der Waals surface area contributed by atoms with Crippen molar-refractivity contribution in [1.82, 2.24) is 9.88 Å². The smallest absolute Gasteiger partial charge is 0.241 e. The number of nitrogens with one attached hydrogen (secondary N) is 1. The van der Waals surface area contributed by atoms with E-state index in [0.29, 0.717) is 18.7 Å². The molecule has 1 atom stereocenters. The number of anilines is 3. The van der Waals surface area contributed by atoms with Crippen molar-refractivity contribution < 1.29 is 9.59 Å². The van der Waals surface area contributed by atoms with Crippen LogP contribution in [0.3, 0.4) is 0 Å². The van der Waals surface area contributed by atoms with Crippen molar-refractivity contribution in [2.45, 2.75) is 25.8 Å². The van der Waals surface area contributed by atoms with Crippen LogP contribution in [-0.2, 0) is 9.59 Å². The van der Waals surface area contributed by atoms with Gasteiger partial charge in [0.05, 0.1) is 17.9 Å². The molecule has 2 aliphatic rings. The van der Waals surface area contributed by atoms with Crippen molar-refractivity contribution >= 4 is 39.7 Å². The van der Waals surface area contributed by atoms with Gasteiger partial charge >= 0.3 is 0 Å². The second-order valence-corrected chi connectivity index (χ2v) is 8.19. The molecule has 0 spiro atoms. The molecule has 4 rings (SSSR count). The number of nitrogens with zero attached hydrogens (tertiary/aromatic N) is 4. The van der Waals surface area contributed by atoms with Crippen molar-refractivity contribution in [3.8, 4) is 0 Å². The van der Waals surface area contributed by atoms with Gasteiger partial charge in [-0.2, -0.15) is 0 Å². The van der Waals surface area contributed by atoms with E-state index in [2.05, 4.69) is 20.1 Å². The Kier molecular flexibility index (Phi) is 5.59. The number of hydrogen-bond acceptors (Lipinski definition) is 6. The minimum absolute atomic E-state index is 0.0409. The highest BCUT2D eigenvalue weighted by atomic mass is 32.1. The van der Waals surface area contributed by atoms with Crippen LogP contribution in [0.4, 0.5) is 16.5 Å². The Morgan fingerprint density at radius 1 is 1.25 bits per heavy atom. The molecular formula is C20H25N5O2S. The molecule has 2 aromatic rings. The Morgan fingerprint density at radius 3 is 2.93 bits per heavy atom. The van der Waals surface area contributed by atoms with Gasteiger partial charge in [-0.1, -0.05) is 12.1 Å². The molecule has 0 saturated carbocycles. The zero-order valence-corrected chi connectivity index (χ0v) is 16.8. The molecule has 28 heavy (non-hydrogen) atoms. The highest BCUT2D eigenvalue weighted by Gasteiger charge is 2.30. The largest absolute Gasteiger partial charge is 0.347 e. The summed E-state index contributed by atoms with van der Waals surface area (Å²) >= 11 is 1.65. The highest BCUT2D eigenvalue weighted by Crippen LogP contribution is 2.31. The van der Waals surface area contributed by atoms with E-state index in [4.69, 9.17) is 0 Å². The van der Waals surface area contributed by atoms with E-state index < -0.39 is 0 Å². The number of hydrogen-bond donors (Lipinski definition) is 1. The number of carbonyl (C=O) groups excluding carboxylic acids is 2. The lowest BCUT2D eigenvalue weighted by atomic mass is 10.1. The van der Waals surface area contributed by atoms with E-state index in [1.807, 2.05) is 42.8 Å². The molecule has 148 valence electrons. The van der Waals surface area contributed by atoms with E-state index in [9.17, 15) is 9.59 Å². The van der Waals surface area contributed by atoms with Crippen LogP contribution < -0.4 is 15.1 Å². The van der Waals surface area contributed by atoms with E-state index >= 15 is 0 Å². The van der Waals surface area contributed by atoms with Gasteiger partial charge in [0.2, 0.25) is 11.8 Å². The van der Waals surface area contributed by atoms with Crippen LogP contribution in [-0.4, -0.2) is 60.5 Å². The molecule has 0 radical (unpaired) electrons. The van der Waals surface area contributed by atoms with E-state index in [-0.39, 0.29) is 17.9 Å². The summed E-state index contributed by atoms with van der Waals surface area (Å²) in [5, 5.41) is 5.96. The second-order valence-electron chi connectivity index (χ2n) is 7.31. The third-order valence-corrected chi connectivity index (χ3v) is 6.10. The van der Waals surface area contributed by atoms with Crippen LogP contribution in [0, 0.1) is 0 Å². The summed E-state index contributed by atoms with van der Waals surface area (Å²) in [7, 11) is 0. The van der Waals surface area contributed by atoms with Crippen molar-refractivity contribution in [2.75, 3.05) is 47.8 Å². The fraction of sp³-hybridized carbons (Fsp3) is 0.450. The monoisotopic (exact) mass is 399 g/mol. The number of benzene rings is 1. The molecule has 0 aliphatic carbocycles. The maximum Gasteiger partial charge on any atom is 0.241 e. The van der Waals surface area contributed by atoms with E-state index in [1.54, 1.807) is 16.2 Å². The number of para-hydroxylation sites is 2. The summed E-state index contributed by atoms with van der Waals surface area (Å²) in [6, 6.07) is 7.36. The molecule has 0 bridgehead atoms. The Bertz CT molecular complexity index is 841. The predicted octanol–water partition coefficient (Wildman–Crippen LogP) is 2.42. The summed E-state index contributed by atoms with van der Waals surface area (Å²) < 4.78 is 0. The van der Waals surface area contributed by atoms with Gasteiger partial charge in [-0.3, -0.25) is 14.5 Å². The van der Waals surface area contributed by atoms with Crippen molar-refractivity contribution in [3.63, 3.8) is 0 Å². The average molecular weight is 400 g/mol. The van der Waals surface area contributed by atoms with Crippen molar-refractivity contribution in [1.29, 1.82) is 0 Å². The first-order chi connectivity index (χ1) is 13.6. The molecule has 1 aromatic heterocycles. The summed E-state index contributed by atoms with van der Waals surface area (Å²) in [5.41, 5.74) is 1.49. The number of fused-ring (bicyclic) bond motifs is 1. The van der Waals surface area contributed by atoms with Gasteiger partial charge in [0, 0.05) is 50.2 Å². The summed E-state index contributed by atoms with van der Waals surface area (Å²) in [4.78, 5) is 36.1. The van der Waals surface area contributed by atoms with E-state index in [0.717, 1.165) is 43.4 Å². The molecule has 7 nitrogen and oxygen atoms in total. The normalized spacial score (nSPS) is 20.9. The molecular weight excluding hydrogens is 374 g/mol. The predicted molar refractivity (Wildman–Crippen MR) is 112 cm³/mol. The van der Waals surface area contributed by atoms with Gasteiger partial charge < -0.3 is 15.1 Å². The van der Waals surface area contributed by atoms with Gasteiger partial charge in [0.25, 0.3) is 0 Å². The SMILES string of the molecule is CC1CC(=O)Nc2ccccc2N1C(=O)CN1CCCN(c2nccs2)CC1. The molecule has 8 heteroatoms. The Labute approximate surface area is 169 Å². The Hall–Kier alpha value is -2.45. The van der Waals surface area contributed by atoms with Crippen LogP contribution in [0.25, 0.3) is 0 Å². The highest BCUT2D eigenvalue weighted by molar-refractivity contribution is 7.13. The van der Waals surface area contributed by atoms with Gasteiger partial charge in [-0.25, -0.2) is 4.98 Å². The third-order valence-electron chi connectivity index (χ3n) is 5.27. The number of aromatic nitrogens is 1. The average Bonchev–Trinajstić information content (AvgIpc) is 3.05. The molecule has 1 N–H and O–H groups in total. The number of thiazole rings is 1. The Balaban J connectivity index is 1.46. The quantitative estimate of drug-likeness (QED) is 0.859.